The minimum atomic E-state index is -0.279. The number of pyridine rings is 1. The predicted molar refractivity (Wildman–Crippen MR) is 124 cm³/mol. The summed E-state index contributed by atoms with van der Waals surface area (Å²) in [6.07, 6.45) is 4.59. The minimum Gasteiger partial charge on any atom is -0.497 e. The van der Waals surface area contributed by atoms with E-state index < -0.39 is 0 Å². The molecule has 1 fully saturated rings. The van der Waals surface area contributed by atoms with Crippen molar-refractivity contribution in [3.05, 3.63) is 72.3 Å². The number of carbonyl (C=O) groups is 1. The first kappa shape index (κ1) is 22.6. The van der Waals surface area contributed by atoms with Crippen molar-refractivity contribution in [1.82, 2.24) is 24.8 Å². The number of hydrogen-bond donors (Lipinski definition) is 1. The molecule has 1 amide bonds. The molecule has 0 bridgehead atoms. The van der Waals surface area contributed by atoms with Gasteiger partial charge >= 0.3 is 0 Å². The van der Waals surface area contributed by atoms with Gasteiger partial charge in [0, 0.05) is 25.5 Å². The lowest BCUT2D eigenvalue weighted by Gasteiger charge is -2.33. The number of morpholine rings is 1. The fourth-order valence-corrected chi connectivity index (χ4v) is 3.68. The molecule has 1 N–H and O–H groups in total. The van der Waals surface area contributed by atoms with Crippen molar-refractivity contribution in [2.75, 3.05) is 45.7 Å². The molecule has 0 spiro atoms. The number of methoxy groups -OCH3 is 1. The molecule has 2 aromatic heterocycles. The van der Waals surface area contributed by atoms with E-state index in [1.807, 2.05) is 59.3 Å². The van der Waals surface area contributed by atoms with E-state index in [4.69, 9.17) is 9.47 Å². The molecule has 1 saturated heterocycles. The third-order valence-corrected chi connectivity index (χ3v) is 5.36. The summed E-state index contributed by atoms with van der Waals surface area (Å²) in [5.74, 6) is 2.16. The van der Waals surface area contributed by atoms with Crippen LogP contribution >= 0.6 is 0 Å². The fraction of sp³-hybridized carbons (Fsp3) is 0.333. The van der Waals surface area contributed by atoms with E-state index in [9.17, 15) is 4.79 Å². The van der Waals surface area contributed by atoms with E-state index in [0.717, 1.165) is 17.0 Å². The first-order chi connectivity index (χ1) is 16.1. The van der Waals surface area contributed by atoms with Crippen LogP contribution in [0.3, 0.4) is 0 Å². The molecule has 0 unspecified atom stereocenters. The molecular formula is C24H28N6O3. The molecule has 1 aromatic carbocycles. The SMILES string of the molecule is COc1ccc(CN(C)CC(=O)N2CCO[C@@H](c3cccc(Nc4cnccn4)n3)C2)cc1. The van der Waals surface area contributed by atoms with E-state index >= 15 is 0 Å². The number of likely N-dealkylation sites (N-methyl/N-ethyl adjacent to an activating group) is 1. The molecule has 9 nitrogen and oxygen atoms in total. The van der Waals surface area contributed by atoms with Gasteiger partial charge in [-0.2, -0.15) is 0 Å². The van der Waals surface area contributed by atoms with Gasteiger partial charge in [0.15, 0.2) is 0 Å². The van der Waals surface area contributed by atoms with Crippen molar-refractivity contribution in [2.24, 2.45) is 0 Å². The number of carbonyl (C=O) groups excluding carboxylic acids is 1. The van der Waals surface area contributed by atoms with Gasteiger partial charge < -0.3 is 19.7 Å². The Kier molecular flexibility index (Phi) is 7.43. The highest BCUT2D eigenvalue weighted by Crippen LogP contribution is 2.23. The molecule has 1 aliphatic rings. The number of nitrogens with zero attached hydrogens (tertiary/aromatic N) is 5. The maximum absolute atomic E-state index is 12.9. The molecule has 0 radical (unpaired) electrons. The molecule has 3 heterocycles. The highest BCUT2D eigenvalue weighted by molar-refractivity contribution is 5.78. The van der Waals surface area contributed by atoms with Crippen LogP contribution in [0.5, 0.6) is 5.75 Å². The molecule has 9 heteroatoms. The Labute approximate surface area is 193 Å². The van der Waals surface area contributed by atoms with Crippen LogP contribution in [0.25, 0.3) is 0 Å². The van der Waals surface area contributed by atoms with Gasteiger partial charge in [-0.25, -0.2) is 9.97 Å². The highest BCUT2D eigenvalue weighted by atomic mass is 16.5. The van der Waals surface area contributed by atoms with Gasteiger partial charge in [0.05, 0.1) is 38.7 Å². The Morgan fingerprint density at radius 2 is 2.06 bits per heavy atom. The highest BCUT2D eigenvalue weighted by Gasteiger charge is 2.27. The van der Waals surface area contributed by atoms with Crippen molar-refractivity contribution < 1.29 is 14.3 Å². The van der Waals surface area contributed by atoms with E-state index in [2.05, 4.69) is 20.3 Å². The lowest BCUT2D eigenvalue weighted by Crippen LogP contribution is -2.46. The van der Waals surface area contributed by atoms with Crippen LogP contribution in [-0.4, -0.2) is 71.1 Å². The Morgan fingerprint density at radius 1 is 1.21 bits per heavy atom. The predicted octanol–water partition coefficient (Wildman–Crippen LogP) is 2.66. The molecular weight excluding hydrogens is 420 g/mol. The van der Waals surface area contributed by atoms with Crippen LogP contribution in [0.1, 0.15) is 17.4 Å². The maximum Gasteiger partial charge on any atom is 0.236 e. The molecule has 4 rings (SSSR count). The summed E-state index contributed by atoms with van der Waals surface area (Å²) >= 11 is 0. The van der Waals surface area contributed by atoms with Crippen LogP contribution < -0.4 is 10.1 Å². The number of anilines is 2. The molecule has 0 aliphatic carbocycles. The molecule has 1 aliphatic heterocycles. The second kappa shape index (κ2) is 10.8. The third kappa shape index (κ3) is 6.24. The molecule has 0 saturated carbocycles. The summed E-state index contributed by atoms with van der Waals surface area (Å²) in [4.78, 5) is 29.7. The smallest absolute Gasteiger partial charge is 0.236 e. The van der Waals surface area contributed by atoms with Gasteiger partial charge in [-0.1, -0.05) is 18.2 Å². The van der Waals surface area contributed by atoms with Crippen molar-refractivity contribution in [3.8, 4) is 5.75 Å². The number of amides is 1. The van der Waals surface area contributed by atoms with Crippen molar-refractivity contribution >= 4 is 17.5 Å². The summed E-state index contributed by atoms with van der Waals surface area (Å²) < 4.78 is 11.1. The van der Waals surface area contributed by atoms with Gasteiger partial charge in [0.25, 0.3) is 0 Å². The molecule has 3 aromatic rings. The summed E-state index contributed by atoms with van der Waals surface area (Å²) in [5.41, 5.74) is 1.90. The van der Waals surface area contributed by atoms with Crippen LogP contribution in [0.2, 0.25) is 0 Å². The minimum absolute atomic E-state index is 0.0770. The van der Waals surface area contributed by atoms with Crippen LogP contribution in [0, 0.1) is 0 Å². The van der Waals surface area contributed by atoms with Crippen LogP contribution in [0.15, 0.2) is 61.1 Å². The molecule has 1 atom stereocenters. The van der Waals surface area contributed by atoms with Crippen molar-refractivity contribution in [2.45, 2.75) is 12.6 Å². The monoisotopic (exact) mass is 448 g/mol. The summed E-state index contributed by atoms with van der Waals surface area (Å²) in [6, 6.07) is 13.6. The lowest BCUT2D eigenvalue weighted by atomic mass is 10.1. The number of hydrogen-bond acceptors (Lipinski definition) is 8. The number of benzene rings is 1. The number of aromatic nitrogens is 3. The average Bonchev–Trinajstić information content (AvgIpc) is 2.85. The Morgan fingerprint density at radius 3 is 2.82 bits per heavy atom. The first-order valence-electron chi connectivity index (χ1n) is 10.8. The van der Waals surface area contributed by atoms with E-state index in [1.165, 1.54) is 0 Å². The van der Waals surface area contributed by atoms with E-state index in [0.29, 0.717) is 44.4 Å². The normalized spacial score (nSPS) is 16.0. The third-order valence-electron chi connectivity index (χ3n) is 5.36. The zero-order chi connectivity index (χ0) is 23.0. The second-order valence-corrected chi connectivity index (χ2v) is 7.88. The van der Waals surface area contributed by atoms with Gasteiger partial charge in [-0.3, -0.25) is 14.7 Å². The Hall–Kier alpha value is -3.56. The molecule has 172 valence electrons. The van der Waals surface area contributed by atoms with E-state index in [1.54, 1.807) is 25.7 Å². The van der Waals surface area contributed by atoms with Crippen molar-refractivity contribution in [1.29, 1.82) is 0 Å². The first-order valence-corrected chi connectivity index (χ1v) is 10.8. The van der Waals surface area contributed by atoms with Gasteiger partial charge in [0.1, 0.15) is 23.5 Å². The Bertz CT molecular complexity index is 1050. The zero-order valence-electron chi connectivity index (χ0n) is 18.8. The van der Waals surface area contributed by atoms with Gasteiger partial charge in [0.2, 0.25) is 5.91 Å². The van der Waals surface area contributed by atoms with Crippen LogP contribution in [-0.2, 0) is 16.1 Å². The number of rotatable bonds is 8. The number of ether oxygens (including phenoxy) is 2. The quantitative estimate of drug-likeness (QED) is 0.562. The summed E-state index contributed by atoms with van der Waals surface area (Å²) in [6.45, 7) is 2.53. The molecule has 33 heavy (non-hydrogen) atoms. The van der Waals surface area contributed by atoms with Crippen LogP contribution in [0.4, 0.5) is 11.6 Å². The van der Waals surface area contributed by atoms with Gasteiger partial charge in [-0.05, 0) is 36.9 Å². The standard InChI is InChI=1S/C24H28N6O3/c1-29(15-18-6-8-19(32-2)9-7-18)17-24(31)30-12-13-33-21(16-30)20-4-3-5-22(27-20)28-23-14-25-10-11-26-23/h3-11,14,21H,12-13,15-17H2,1-2H3,(H,26,27,28)/t21-/m1/s1. The number of nitrogens with one attached hydrogen (secondary N) is 1. The largest absolute Gasteiger partial charge is 0.497 e. The Balaban J connectivity index is 1.33. The van der Waals surface area contributed by atoms with E-state index in [-0.39, 0.29) is 12.0 Å². The van der Waals surface area contributed by atoms with Gasteiger partial charge in [-0.15, -0.1) is 0 Å². The fourth-order valence-electron chi connectivity index (χ4n) is 3.68. The van der Waals surface area contributed by atoms with Crippen molar-refractivity contribution in [3.63, 3.8) is 0 Å². The summed E-state index contributed by atoms with van der Waals surface area (Å²) in [7, 11) is 3.60. The second-order valence-electron chi connectivity index (χ2n) is 7.88. The maximum atomic E-state index is 12.9. The summed E-state index contributed by atoms with van der Waals surface area (Å²) in [5, 5.41) is 3.14. The topological polar surface area (TPSA) is 92.7 Å². The average molecular weight is 449 g/mol. The lowest BCUT2D eigenvalue weighted by molar-refractivity contribution is -0.140. The zero-order valence-corrected chi connectivity index (χ0v) is 18.8.